The molecule has 1 saturated heterocycles. The SMILES string of the molecule is COc1ccc(Oc2ccc(N3C[C@H](C(=O)OCC(=O)NNC(=O)c4ccc(Cl)cc4)CC3=O)cc2)cc1. The average molecular weight is 538 g/mol. The molecular formula is C27H24ClN3O7. The van der Waals surface area contributed by atoms with Gasteiger partial charge in [0.2, 0.25) is 5.91 Å². The molecule has 3 aromatic carbocycles. The predicted molar refractivity (Wildman–Crippen MR) is 138 cm³/mol. The molecule has 0 spiro atoms. The van der Waals surface area contributed by atoms with Gasteiger partial charge in [0, 0.05) is 29.2 Å². The van der Waals surface area contributed by atoms with Gasteiger partial charge in [-0.25, -0.2) is 0 Å². The fraction of sp³-hybridized carbons (Fsp3) is 0.185. The highest BCUT2D eigenvalue weighted by molar-refractivity contribution is 6.30. The molecule has 1 heterocycles. The third-order valence-electron chi connectivity index (χ3n) is 5.67. The minimum atomic E-state index is -0.728. The molecule has 3 aromatic rings. The Hall–Kier alpha value is -4.57. The first-order chi connectivity index (χ1) is 18.3. The summed E-state index contributed by atoms with van der Waals surface area (Å²) in [5.41, 5.74) is 5.28. The second-order valence-corrected chi connectivity index (χ2v) is 8.73. The Bertz CT molecular complexity index is 1310. The van der Waals surface area contributed by atoms with Gasteiger partial charge in [0.25, 0.3) is 11.8 Å². The van der Waals surface area contributed by atoms with Crippen LogP contribution in [0, 0.1) is 5.92 Å². The number of halogens is 1. The topological polar surface area (TPSA) is 123 Å². The van der Waals surface area contributed by atoms with Crippen LogP contribution in [0.3, 0.4) is 0 Å². The quantitative estimate of drug-likeness (QED) is 0.333. The van der Waals surface area contributed by atoms with E-state index in [9.17, 15) is 19.2 Å². The van der Waals surface area contributed by atoms with Crippen molar-refractivity contribution in [3.8, 4) is 17.2 Å². The largest absolute Gasteiger partial charge is 0.497 e. The second kappa shape index (κ2) is 12.1. The molecule has 0 saturated carbocycles. The second-order valence-electron chi connectivity index (χ2n) is 8.29. The van der Waals surface area contributed by atoms with E-state index in [2.05, 4.69) is 10.9 Å². The van der Waals surface area contributed by atoms with E-state index >= 15 is 0 Å². The highest BCUT2D eigenvalue weighted by atomic mass is 35.5. The van der Waals surface area contributed by atoms with Crippen molar-refractivity contribution < 1.29 is 33.4 Å². The summed E-state index contributed by atoms with van der Waals surface area (Å²) in [4.78, 5) is 50.5. The van der Waals surface area contributed by atoms with Crippen LogP contribution in [0.2, 0.25) is 5.02 Å². The van der Waals surface area contributed by atoms with Crippen molar-refractivity contribution in [3.05, 3.63) is 83.4 Å². The fourth-order valence-corrected chi connectivity index (χ4v) is 3.81. The van der Waals surface area contributed by atoms with Crippen molar-refractivity contribution in [2.45, 2.75) is 6.42 Å². The van der Waals surface area contributed by atoms with Crippen molar-refractivity contribution in [1.29, 1.82) is 0 Å². The minimum Gasteiger partial charge on any atom is -0.497 e. The van der Waals surface area contributed by atoms with Gasteiger partial charge in [0.1, 0.15) is 17.2 Å². The number of ether oxygens (including phenoxy) is 3. The van der Waals surface area contributed by atoms with Crippen molar-refractivity contribution in [2.75, 3.05) is 25.2 Å². The van der Waals surface area contributed by atoms with Gasteiger partial charge in [-0.05, 0) is 72.8 Å². The lowest BCUT2D eigenvalue weighted by Gasteiger charge is -2.17. The lowest BCUT2D eigenvalue weighted by atomic mass is 10.1. The van der Waals surface area contributed by atoms with Crippen molar-refractivity contribution in [2.24, 2.45) is 5.92 Å². The van der Waals surface area contributed by atoms with Gasteiger partial charge in [-0.1, -0.05) is 11.6 Å². The van der Waals surface area contributed by atoms with Crippen LogP contribution in [0.4, 0.5) is 5.69 Å². The molecule has 1 aliphatic rings. The number of esters is 1. The van der Waals surface area contributed by atoms with E-state index in [1.165, 1.54) is 29.2 Å². The number of rotatable bonds is 8. The van der Waals surface area contributed by atoms with Crippen LogP contribution in [-0.4, -0.2) is 44.0 Å². The Morgan fingerprint density at radius 3 is 2.13 bits per heavy atom. The predicted octanol–water partition coefficient (Wildman–Crippen LogP) is 3.50. The molecule has 0 bridgehead atoms. The molecule has 2 N–H and O–H groups in total. The van der Waals surface area contributed by atoms with E-state index in [1.807, 2.05) is 0 Å². The van der Waals surface area contributed by atoms with Crippen LogP contribution in [-0.2, 0) is 19.1 Å². The van der Waals surface area contributed by atoms with Gasteiger partial charge in [-0.3, -0.25) is 30.0 Å². The monoisotopic (exact) mass is 537 g/mol. The Kier molecular flexibility index (Phi) is 8.44. The maximum absolute atomic E-state index is 12.5. The maximum Gasteiger partial charge on any atom is 0.311 e. The van der Waals surface area contributed by atoms with E-state index in [0.717, 1.165) is 5.75 Å². The highest BCUT2D eigenvalue weighted by Gasteiger charge is 2.36. The number of nitrogens with zero attached hydrogens (tertiary/aromatic N) is 1. The summed E-state index contributed by atoms with van der Waals surface area (Å²) in [5, 5.41) is 0.470. The number of benzene rings is 3. The Balaban J connectivity index is 1.23. The maximum atomic E-state index is 12.5. The van der Waals surface area contributed by atoms with Crippen molar-refractivity contribution in [3.63, 3.8) is 0 Å². The van der Waals surface area contributed by atoms with Crippen LogP contribution in [0.5, 0.6) is 17.2 Å². The molecule has 10 nitrogen and oxygen atoms in total. The van der Waals surface area contributed by atoms with Crippen LogP contribution in [0.25, 0.3) is 0 Å². The van der Waals surface area contributed by atoms with Gasteiger partial charge in [0.15, 0.2) is 6.61 Å². The summed E-state index contributed by atoms with van der Waals surface area (Å²) < 4.78 is 16.0. The first-order valence-corrected chi connectivity index (χ1v) is 11.9. The van der Waals surface area contributed by atoms with E-state index < -0.39 is 30.3 Å². The first kappa shape index (κ1) is 26.5. The zero-order valence-corrected chi connectivity index (χ0v) is 21.1. The summed E-state index contributed by atoms with van der Waals surface area (Å²) in [7, 11) is 1.58. The van der Waals surface area contributed by atoms with Gasteiger partial charge < -0.3 is 19.1 Å². The number of carbonyl (C=O) groups is 4. The number of carbonyl (C=O) groups excluding carboxylic acids is 4. The molecule has 0 aliphatic carbocycles. The molecule has 1 atom stereocenters. The molecule has 11 heteroatoms. The third kappa shape index (κ3) is 6.80. The number of amides is 3. The van der Waals surface area contributed by atoms with Crippen molar-refractivity contribution in [1.82, 2.24) is 10.9 Å². The fourth-order valence-electron chi connectivity index (χ4n) is 3.68. The van der Waals surface area contributed by atoms with E-state index in [0.29, 0.717) is 22.2 Å². The lowest BCUT2D eigenvalue weighted by molar-refractivity contribution is -0.152. The Labute approximate surface area is 223 Å². The molecule has 196 valence electrons. The minimum absolute atomic E-state index is 0.0438. The van der Waals surface area contributed by atoms with Gasteiger partial charge in [-0.2, -0.15) is 0 Å². The summed E-state index contributed by atoms with van der Waals surface area (Å²) in [6.45, 7) is -0.493. The normalized spacial score (nSPS) is 14.5. The smallest absolute Gasteiger partial charge is 0.311 e. The van der Waals surface area contributed by atoms with Crippen LogP contribution in [0.1, 0.15) is 16.8 Å². The zero-order valence-electron chi connectivity index (χ0n) is 20.3. The van der Waals surface area contributed by atoms with Crippen LogP contribution in [0.15, 0.2) is 72.8 Å². The number of hydrogen-bond acceptors (Lipinski definition) is 7. The third-order valence-corrected chi connectivity index (χ3v) is 5.92. The number of nitrogens with one attached hydrogen (secondary N) is 2. The van der Waals surface area contributed by atoms with Gasteiger partial charge >= 0.3 is 5.97 Å². The first-order valence-electron chi connectivity index (χ1n) is 11.6. The van der Waals surface area contributed by atoms with Gasteiger partial charge in [0.05, 0.1) is 13.0 Å². The molecular weight excluding hydrogens is 514 g/mol. The van der Waals surface area contributed by atoms with Crippen LogP contribution < -0.4 is 25.2 Å². The van der Waals surface area contributed by atoms with E-state index in [1.54, 1.807) is 55.6 Å². The molecule has 38 heavy (non-hydrogen) atoms. The lowest BCUT2D eigenvalue weighted by Crippen LogP contribution is -2.43. The summed E-state index contributed by atoms with van der Waals surface area (Å²) in [6.07, 6.45) is -0.0438. The molecule has 1 aliphatic heterocycles. The highest BCUT2D eigenvalue weighted by Crippen LogP contribution is 2.29. The molecule has 0 radical (unpaired) electrons. The Morgan fingerprint density at radius 1 is 0.895 bits per heavy atom. The molecule has 1 fully saturated rings. The molecule has 0 aromatic heterocycles. The summed E-state index contributed by atoms with van der Waals surface area (Å²) >= 11 is 5.78. The summed E-state index contributed by atoms with van der Waals surface area (Å²) in [5.74, 6) is -1.00. The van der Waals surface area contributed by atoms with Crippen molar-refractivity contribution >= 4 is 41.0 Å². The number of anilines is 1. The molecule has 0 unspecified atom stereocenters. The van der Waals surface area contributed by atoms with Crippen LogP contribution >= 0.6 is 11.6 Å². The Morgan fingerprint density at radius 2 is 1.50 bits per heavy atom. The number of hydrogen-bond donors (Lipinski definition) is 2. The number of methoxy groups -OCH3 is 1. The number of hydrazine groups is 1. The standard InChI is InChI=1S/C27H24ClN3O7/c1-36-21-10-12-23(13-11-21)38-22-8-6-20(7-9-22)31-15-18(14-25(31)33)27(35)37-16-24(32)29-30-26(34)17-2-4-19(28)5-3-17/h2-13,18H,14-16H2,1H3,(H,29,32)(H,30,34)/t18-/m1/s1. The zero-order chi connectivity index (χ0) is 27.1. The van der Waals surface area contributed by atoms with Gasteiger partial charge in [-0.15, -0.1) is 0 Å². The molecule has 4 rings (SSSR count). The summed E-state index contributed by atoms with van der Waals surface area (Å²) in [6, 6.07) is 20.1. The molecule has 3 amide bonds. The van der Waals surface area contributed by atoms with E-state index in [4.69, 9.17) is 25.8 Å². The van der Waals surface area contributed by atoms with E-state index in [-0.39, 0.29) is 24.4 Å². The average Bonchev–Trinajstić information content (AvgIpc) is 3.33.